The Morgan fingerprint density at radius 2 is 1.60 bits per heavy atom. The van der Waals surface area contributed by atoms with Gasteiger partial charge in [0.25, 0.3) is 0 Å². The molecule has 0 heterocycles. The number of hydrogen-bond donors (Lipinski definition) is 0. The third-order valence-electron chi connectivity index (χ3n) is 8.13. The van der Waals surface area contributed by atoms with E-state index in [0.29, 0.717) is 28.5 Å². The topological polar surface area (TPSA) is 9.23 Å². The number of methoxy groups -OCH3 is 1. The van der Waals surface area contributed by atoms with Gasteiger partial charge in [-0.05, 0) is 64.8 Å². The fraction of sp³-hybridized carbons (Fsp3) is 0.643. The lowest BCUT2D eigenvalue weighted by Crippen LogP contribution is -2.43. The van der Waals surface area contributed by atoms with Gasteiger partial charge in [0.15, 0.2) is 0 Å². The fourth-order valence-electron chi connectivity index (χ4n) is 6.84. The van der Waals surface area contributed by atoms with E-state index < -0.39 is 8.07 Å². The van der Waals surface area contributed by atoms with E-state index in [-0.39, 0.29) is 0 Å². The number of ether oxygens (including phenoxy) is 1. The number of rotatable bonds is 7. The summed E-state index contributed by atoms with van der Waals surface area (Å²) >= 11 is 0. The summed E-state index contributed by atoms with van der Waals surface area (Å²) in [5.41, 5.74) is 8.90. The first-order valence-electron chi connectivity index (χ1n) is 12.1. The van der Waals surface area contributed by atoms with Crippen molar-refractivity contribution in [2.45, 2.75) is 77.4 Å². The average Bonchev–Trinajstić information content (AvgIpc) is 3.30. The zero-order valence-corrected chi connectivity index (χ0v) is 21.2. The molecular formula is C28H42OSi. The maximum absolute atomic E-state index is 5.70. The largest absolute Gasteiger partial charge is 0.380 e. The van der Waals surface area contributed by atoms with Crippen molar-refractivity contribution >= 4 is 14.1 Å². The molecule has 2 aliphatic carbocycles. The van der Waals surface area contributed by atoms with Crippen LogP contribution in [0.5, 0.6) is 0 Å². The van der Waals surface area contributed by atoms with Gasteiger partial charge in [-0.2, -0.15) is 0 Å². The highest BCUT2D eigenvalue weighted by Crippen LogP contribution is 2.55. The molecule has 1 aromatic rings. The van der Waals surface area contributed by atoms with Crippen LogP contribution in [-0.2, 0) is 4.74 Å². The Kier molecular flexibility index (Phi) is 7.69. The van der Waals surface area contributed by atoms with Crippen LogP contribution in [0.4, 0.5) is 0 Å². The van der Waals surface area contributed by atoms with E-state index >= 15 is 0 Å². The van der Waals surface area contributed by atoms with Crippen LogP contribution in [0.25, 0.3) is 6.08 Å². The minimum Gasteiger partial charge on any atom is -0.380 e. The number of fused-ring (bicyclic) bond motifs is 2. The SMILES string of the molecule is COC/C(=C\c1ccccc1)C1C2CCC(C2)C1C#C[Si](C(C)C)(C(C)C)C(C)C. The van der Waals surface area contributed by atoms with Gasteiger partial charge in [-0.1, -0.05) is 78.0 Å². The summed E-state index contributed by atoms with van der Waals surface area (Å²) in [6, 6.07) is 10.8. The molecule has 1 aromatic carbocycles. The van der Waals surface area contributed by atoms with Gasteiger partial charge in [0, 0.05) is 13.0 Å². The molecule has 0 radical (unpaired) electrons. The van der Waals surface area contributed by atoms with E-state index in [0.717, 1.165) is 18.4 Å². The van der Waals surface area contributed by atoms with Crippen molar-refractivity contribution in [1.29, 1.82) is 0 Å². The second-order valence-corrected chi connectivity index (χ2v) is 16.2. The van der Waals surface area contributed by atoms with Gasteiger partial charge in [-0.15, -0.1) is 11.5 Å². The molecule has 1 nitrogen and oxygen atoms in total. The van der Waals surface area contributed by atoms with Crippen LogP contribution in [0.15, 0.2) is 35.9 Å². The molecule has 2 saturated carbocycles. The van der Waals surface area contributed by atoms with Crippen LogP contribution in [0.3, 0.4) is 0 Å². The second kappa shape index (κ2) is 9.88. The summed E-state index contributed by atoms with van der Waals surface area (Å²) in [6.45, 7) is 15.3. The molecule has 0 N–H and O–H groups in total. The molecule has 164 valence electrons. The number of benzene rings is 1. The monoisotopic (exact) mass is 422 g/mol. The Bertz CT molecular complexity index is 758. The van der Waals surface area contributed by atoms with Crippen LogP contribution in [-0.4, -0.2) is 21.8 Å². The number of hydrogen-bond acceptors (Lipinski definition) is 1. The Hall–Kier alpha value is -1.30. The quantitative estimate of drug-likeness (QED) is 0.325. The molecule has 0 aromatic heterocycles. The smallest absolute Gasteiger partial charge is 0.145 e. The summed E-state index contributed by atoms with van der Waals surface area (Å²) in [4.78, 5) is 0. The van der Waals surface area contributed by atoms with Gasteiger partial charge >= 0.3 is 0 Å². The Labute approximate surface area is 186 Å². The van der Waals surface area contributed by atoms with Gasteiger partial charge in [-0.3, -0.25) is 0 Å². The van der Waals surface area contributed by atoms with Crippen LogP contribution >= 0.6 is 0 Å². The molecule has 3 rings (SSSR count). The Morgan fingerprint density at radius 3 is 2.17 bits per heavy atom. The minimum atomic E-state index is -1.69. The lowest BCUT2D eigenvalue weighted by molar-refractivity contribution is 0.199. The van der Waals surface area contributed by atoms with Crippen molar-refractivity contribution < 1.29 is 4.74 Å². The molecule has 2 aliphatic rings. The molecule has 0 amide bonds. The van der Waals surface area contributed by atoms with E-state index in [1.54, 1.807) is 0 Å². The van der Waals surface area contributed by atoms with Crippen LogP contribution in [0.1, 0.15) is 66.4 Å². The van der Waals surface area contributed by atoms with E-state index in [9.17, 15) is 0 Å². The van der Waals surface area contributed by atoms with Crippen molar-refractivity contribution in [3.8, 4) is 11.5 Å². The zero-order chi connectivity index (χ0) is 21.9. The van der Waals surface area contributed by atoms with Gasteiger partial charge in [-0.25, -0.2) is 0 Å². The first-order chi connectivity index (χ1) is 14.3. The van der Waals surface area contributed by atoms with Crippen LogP contribution < -0.4 is 0 Å². The molecule has 2 fully saturated rings. The summed E-state index contributed by atoms with van der Waals surface area (Å²) in [6.07, 6.45) is 6.48. The molecule has 0 spiro atoms. The van der Waals surface area contributed by atoms with Gasteiger partial charge < -0.3 is 4.74 Å². The van der Waals surface area contributed by atoms with E-state index in [1.165, 1.54) is 30.4 Å². The molecule has 4 unspecified atom stereocenters. The van der Waals surface area contributed by atoms with Crippen molar-refractivity contribution in [2.24, 2.45) is 23.7 Å². The molecule has 0 aliphatic heterocycles. The molecule has 0 saturated heterocycles. The first kappa shape index (κ1) is 23.4. The summed E-state index contributed by atoms with van der Waals surface area (Å²) in [7, 11) is 0.143. The Balaban J connectivity index is 2.00. The third-order valence-corrected chi connectivity index (χ3v) is 14.4. The standard InChI is InChI=1S/C28H42OSi/c1-20(2)30(21(3)4,22(5)6)16-15-27-24-13-14-25(18-24)28(27)26(19-29-7)17-23-11-9-8-10-12-23/h8-12,17,20-22,24-25,27-28H,13-14,18-19H2,1-7H3/b26-17+. The first-order valence-corrected chi connectivity index (χ1v) is 14.3. The predicted molar refractivity (Wildman–Crippen MR) is 133 cm³/mol. The Morgan fingerprint density at radius 1 is 1.00 bits per heavy atom. The third kappa shape index (κ3) is 4.48. The highest BCUT2D eigenvalue weighted by atomic mass is 28.3. The van der Waals surface area contributed by atoms with E-state index in [1.807, 2.05) is 7.11 Å². The van der Waals surface area contributed by atoms with Crippen molar-refractivity contribution in [3.63, 3.8) is 0 Å². The van der Waals surface area contributed by atoms with Crippen LogP contribution in [0.2, 0.25) is 16.6 Å². The lowest BCUT2D eigenvalue weighted by Gasteiger charge is -2.38. The second-order valence-electron chi connectivity index (χ2n) is 10.6. The molecule has 2 bridgehead atoms. The normalized spacial score (nSPS) is 26.5. The molecular weight excluding hydrogens is 380 g/mol. The van der Waals surface area contributed by atoms with Crippen molar-refractivity contribution in [2.75, 3.05) is 13.7 Å². The predicted octanol–water partition coefficient (Wildman–Crippen LogP) is 7.60. The van der Waals surface area contributed by atoms with Crippen LogP contribution in [0, 0.1) is 35.1 Å². The highest BCUT2D eigenvalue weighted by Gasteiger charge is 2.49. The van der Waals surface area contributed by atoms with Crippen molar-refractivity contribution in [3.05, 3.63) is 41.5 Å². The summed E-state index contributed by atoms with van der Waals surface area (Å²) in [5, 5.41) is 0. The van der Waals surface area contributed by atoms with Gasteiger partial charge in [0.05, 0.1) is 6.61 Å². The molecule has 30 heavy (non-hydrogen) atoms. The summed E-state index contributed by atoms with van der Waals surface area (Å²) in [5.74, 6) is 6.63. The molecule has 4 atom stereocenters. The van der Waals surface area contributed by atoms with Gasteiger partial charge in [0.1, 0.15) is 8.07 Å². The summed E-state index contributed by atoms with van der Waals surface area (Å²) < 4.78 is 5.70. The average molecular weight is 423 g/mol. The fourth-order valence-corrected chi connectivity index (χ4v) is 12.1. The van der Waals surface area contributed by atoms with Gasteiger partial charge in [0.2, 0.25) is 0 Å². The molecule has 2 heteroatoms. The highest BCUT2D eigenvalue weighted by molar-refractivity contribution is 6.90. The lowest BCUT2D eigenvalue weighted by atomic mass is 9.75. The van der Waals surface area contributed by atoms with Crippen molar-refractivity contribution in [1.82, 2.24) is 0 Å². The maximum atomic E-state index is 5.70. The zero-order valence-electron chi connectivity index (χ0n) is 20.2. The maximum Gasteiger partial charge on any atom is 0.145 e. The van der Waals surface area contributed by atoms with E-state index in [2.05, 4.69) is 89.4 Å². The minimum absolute atomic E-state index is 0.511. The van der Waals surface area contributed by atoms with E-state index in [4.69, 9.17) is 4.74 Å².